The number of halogens is 1. The van der Waals surface area contributed by atoms with Crippen LogP contribution in [0.25, 0.3) is 0 Å². The molecule has 122 valence electrons. The van der Waals surface area contributed by atoms with Gasteiger partial charge >= 0.3 is 0 Å². The van der Waals surface area contributed by atoms with Crippen molar-refractivity contribution < 1.29 is 4.74 Å². The second-order valence-corrected chi connectivity index (χ2v) is 5.50. The molecule has 0 aliphatic carbocycles. The molecule has 1 rings (SSSR count). The first kappa shape index (κ1) is 20.6. The van der Waals surface area contributed by atoms with Gasteiger partial charge in [-0.1, -0.05) is 0 Å². The Morgan fingerprint density at radius 2 is 2.10 bits per heavy atom. The van der Waals surface area contributed by atoms with Crippen molar-refractivity contribution in [3.05, 3.63) is 16.1 Å². The van der Waals surface area contributed by atoms with Crippen LogP contribution in [-0.2, 0) is 11.2 Å². The molecule has 7 heteroatoms. The third kappa shape index (κ3) is 10.0. The summed E-state index contributed by atoms with van der Waals surface area (Å²) in [6, 6.07) is 0. The van der Waals surface area contributed by atoms with Crippen molar-refractivity contribution in [2.24, 2.45) is 4.99 Å². The van der Waals surface area contributed by atoms with Crippen molar-refractivity contribution >= 4 is 41.3 Å². The van der Waals surface area contributed by atoms with Gasteiger partial charge in [-0.25, -0.2) is 4.98 Å². The summed E-state index contributed by atoms with van der Waals surface area (Å²) < 4.78 is 5.30. The standard InChI is InChI=1S/C14H26N4OS.HI/c1-4-19-10-6-5-8-16-14(15-3)17-9-7-13-11-20-12(2)18-13;/h11H,4-10H2,1-3H3,(H2,15,16,17);1H. The summed E-state index contributed by atoms with van der Waals surface area (Å²) in [5, 5.41) is 9.84. The van der Waals surface area contributed by atoms with Crippen LogP contribution < -0.4 is 10.6 Å². The fourth-order valence-electron chi connectivity index (χ4n) is 1.73. The van der Waals surface area contributed by atoms with Gasteiger partial charge in [0.1, 0.15) is 0 Å². The minimum atomic E-state index is 0. The molecule has 1 heterocycles. The summed E-state index contributed by atoms with van der Waals surface area (Å²) in [6.45, 7) is 7.46. The van der Waals surface area contributed by atoms with Gasteiger partial charge in [0.25, 0.3) is 0 Å². The zero-order valence-electron chi connectivity index (χ0n) is 13.1. The van der Waals surface area contributed by atoms with Gasteiger partial charge in [0, 0.05) is 45.2 Å². The Labute approximate surface area is 149 Å². The number of aliphatic imine (C=N–C) groups is 1. The summed E-state index contributed by atoms with van der Waals surface area (Å²) in [6.07, 6.45) is 3.09. The molecule has 0 amide bonds. The molecule has 0 atom stereocenters. The van der Waals surface area contributed by atoms with Crippen LogP contribution in [0.4, 0.5) is 0 Å². The molecular weight excluding hydrogens is 399 g/mol. The van der Waals surface area contributed by atoms with Crippen molar-refractivity contribution in [1.82, 2.24) is 15.6 Å². The molecule has 0 saturated heterocycles. The molecule has 1 aromatic heterocycles. The normalized spacial score (nSPS) is 11.1. The molecule has 5 nitrogen and oxygen atoms in total. The molecule has 21 heavy (non-hydrogen) atoms. The fourth-order valence-corrected chi connectivity index (χ4v) is 2.38. The highest BCUT2D eigenvalue weighted by molar-refractivity contribution is 14.0. The lowest BCUT2D eigenvalue weighted by Crippen LogP contribution is -2.38. The topological polar surface area (TPSA) is 58.5 Å². The molecule has 2 N–H and O–H groups in total. The molecular formula is C14H27IN4OS. The van der Waals surface area contributed by atoms with E-state index in [1.54, 1.807) is 18.4 Å². The Hall–Kier alpha value is -0.410. The van der Waals surface area contributed by atoms with Gasteiger partial charge in [0.2, 0.25) is 0 Å². The maximum Gasteiger partial charge on any atom is 0.190 e. The Morgan fingerprint density at radius 1 is 1.33 bits per heavy atom. The van der Waals surface area contributed by atoms with Crippen LogP contribution in [0.3, 0.4) is 0 Å². The zero-order valence-corrected chi connectivity index (χ0v) is 16.3. The Morgan fingerprint density at radius 3 is 2.71 bits per heavy atom. The quantitative estimate of drug-likeness (QED) is 0.276. The van der Waals surface area contributed by atoms with E-state index in [1.807, 2.05) is 13.8 Å². The number of thiazole rings is 1. The first-order chi connectivity index (χ1) is 9.76. The van der Waals surface area contributed by atoms with Crippen molar-refractivity contribution in [1.29, 1.82) is 0 Å². The van der Waals surface area contributed by atoms with Crippen LogP contribution in [0.5, 0.6) is 0 Å². The average molecular weight is 426 g/mol. The maximum atomic E-state index is 5.30. The SMILES string of the molecule is CCOCCCCNC(=NC)NCCc1csc(C)n1.I. The van der Waals surface area contributed by atoms with Crippen molar-refractivity contribution in [3.8, 4) is 0 Å². The largest absolute Gasteiger partial charge is 0.382 e. The van der Waals surface area contributed by atoms with Crippen molar-refractivity contribution in [2.45, 2.75) is 33.1 Å². The third-order valence-electron chi connectivity index (χ3n) is 2.78. The lowest BCUT2D eigenvalue weighted by Gasteiger charge is -2.11. The number of ether oxygens (including phenoxy) is 1. The number of rotatable bonds is 9. The van der Waals surface area contributed by atoms with E-state index in [4.69, 9.17) is 4.74 Å². The number of unbranched alkanes of at least 4 members (excludes halogenated alkanes) is 1. The highest BCUT2D eigenvalue weighted by Crippen LogP contribution is 2.07. The van der Waals surface area contributed by atoms with Gasteiger partial charge in [-0.3, -0.25) is 4.99 Å². The number of hydrogen-bond donors (Lipinski definition) is 2. The summed E-state index contributed by atoms with van der Waals surface area (Å²) in [5.74, 6) is 0.855. The molecule has 0 unspecified atom stereocenters. The predicted molar refractivity (Wildman–Crippen MR) is 101 cm³/mol. The monoisotopic (exact) mass is 426 g/mol. The molecule has 0 aliphatic heterocycles. The number of hydrogen-bond acceptors (Lipinski definition) is 4. The van der Waals surface area contributed by atoms with Gasteiger partial charge < -0.3 is 15.4 Å². The van der Waals surface area contributed by atoms with Crippen LogP contribution in [0, 0.1) is 6.92 Å². The maximum absolute atomic E-state index is 5.30. The van der Waals surface area contributed by atoms with E-state index in [1.165, 1.54) is 0 Å². The third-order valence-corrected chi connectivity index (χ3v) is 3.60. The van der Waals surface area contributed by atoms with Crippen LogP contribution >= 0.6 is 35.3 Å². The first-order valence-corrected chi connectivity index (χ1v) is 8.07. The summed E-state index contributed by atoms with van der Waals surface area (Å²) in [7, 11) is 1.79. The molecule has 0 aromatic carbocycles. The van der Waals surface area contributed by atoms with Crippen molar-refractivity contribution in [2.75, 3.05) is 33.4 Å². The number of aromatic nitrogens is 1. The second-order valence-electron chi connectivity index (χ2n) is 4.44. The Bertz CT molecular complexity index is 398. The molecule has 0 spiro atoms. The van der Waals surface area contributed by atoms with E-state index in [0.717, 1.165) is 62.2 Å². The minimum absolute atomic E-state index is 0. The summed E-state index contributed by atoms with van der Waals surface area (Å²) >= 11 is 1.70. The van der Waals surface area contributed by atoms with Crippen LogP contribution in [0.15, 0.2) is 10.4 Å². The minimum Gasteiger partial charge on any atom is -0.382 e. The van der Waals surface area contributed by atoms with Gasteiger partial charge in [0.05, 0.1) is 10.7 Å². The fraction of sp³-hybridized carbons (Fsp3) is 0.714. The number of guanidine groups is 1. The van der Waals surface area contributed by atoms with E-state index in [-0.39, 0.29) is 24.0 Å². The lowest BCUT2D eigenvalue weighted by molar-refractivity contribution is 0.143. The van der Waals surface area contributed by atoms with Crippen LogP contribution in [0.2, 0.25) is 0 Å². The van der Waals surface area contributed by atoms with Crippen LogP contribution in [0.1, 0.15) is 30.5 Å². The second kappa shape index (κ2) is 13.3. The Kier molecular flexibility index (Phi) is 13.0. The molecule has 0 radical (unpaired) electrons. The van der Waals surface area contributed by atoms with E-state index in [0.29, 0.717) is 0 Å². The van der Waals surface area contributed by atoms with Crippen molar-refractivity contribution in [3.63, 3.8) is 0 Å². The highest BCUT2D eigenvalue weighted by atomic mass is 127. The Balaban J connectivity index is 0.00000400. The first-order valence-electron chi connectivity index (χ1n) is 7.19. The van der Waals surface area contributed by atoms with E-state index < -0.39 is 0 Å². The number of nitrogens with zero attached hydrogens (tertiary/aromatic N) is 2. The molecule has 1 aromatic rings. The van der Waals surface area contributed by atoms with E-state index >= 15 is 0 Å². The summed E-state index contributed by atoms with van der Waals surface area (Å²) in [4.78, 5) is 8.65. The summed E-state index contributed by atoms with van der Waals surface area (Å²) in [5.41, 5.74) is 1.15. The molecule has 0 saturated carbocycles. The van der Waals surface area contributed by atoms with Crippen LogP contribution in [-0.4, -0.2) is 44.3 Å². The van der Waals surface area contributed by atoms with Gasteiger partial charge in [0.15, 0.2) is 5.96 Å². The highest BCUT2D eigenvalue weighted by Gasteiger charge is 2.00. The van der Waals surface area contributed by atoms with Gasteiger partial charge in [-0.15, -0.1) is 35.3 Å². The smallest absolute Gasteiger partial charge is 0.190 e. The predicted octanol–water partition coefficient (Wildman–Crippen LogP) is 2.59. The lowest BCUT2D eigenvalue weighted by atomic mass is 10.3. The van der Waals surface area contributed by atoms with Gasteiger partial charge in [-0.05, 0) is 26.7 Å². The zero-order chi connectivity index (χ0) is 14.6. The molecule has 0 aliphatic rings. The van der Waals surface area contributed by atoms with E-state index in [9.17, 15) is 0 Å². The van der Waals surface area contributed by atoms with Gasteiger partial charge in [-0.2, -0.15) is 0 Å². The number of aryl methyl sites for hydroxylation is 1. The molecule has 0 bridgehead atoms. The number of nitrogens with one attached hydrogen (secondary N) is 2. The molecule has 0 fully saturated rings. The average Bonchev–Trinajstić information content (AvgIpc) is 2.86. The van der Waals surface area contributed by atoms with E-state index in [2.05, 4.69) is 26.0 Å².